The van der Waals surface area contributed by atoms with E-state index in [0.717, 1.165) is 18.5 Å². The zero-order chi connectivity index (χ0) is 14.6. The van der Waals surface area contributed by atoms with Crippen molar-refractivity contribution in [3.05, 3.63) is 34.1 Å². The topological polar surface area (TPSA) is 12.0 Å². The molecule has 0 radical (unpaired) electrons. The van der Waals surface area contributed by atoms with Crippen LogP contribution in [0.25, 0.3) is 0 Å². The maximum Gasteiger partial charge on any atom is 0.137 e. The summed E-state index contributed by atoms with van der Waals surface area (Å²) in [6, 6.07) is 5.77. The van der Waals surface area contributed by atoms with E-state index >= 15 is 0 Å². The van der Waals surface area contributed by atoms with Crippen molar-refractivity contribution in [1.29, 1.82) is 0 Å². The molecule has 1 aromatic carbocycles. The molecule has 1 N–H and O–H groups in total. The third kappa shape index (κ3) is 3.62. The minimum atomic E-state index is -0.161. The van der Waals surface area contributed by atoms with E-state index in [-0.39, 0.29) is 5.82 Å². The Morgan fingerprint density at radius 2 is 2.00 bits per heavy atom. The molecule has 1 unspecified atom stereocenters. The summed E-state index contributed by atoms with van der Waals surface area (Å²) < 4.78 is 14.3. The fourth-order valence-electron chi connectivity index (χ4n) is 3.45. The largest absolute Gasteiger partial charge is 0.313 e. The number of benzene rings is 1. The Kier molecular flexibility index (Phi) is 5.62. The number of hydrogen-bond donors (Lipinski definition) is 1. The SMILES string of the molecule is CCNC(Cc1cccc(F)c1Br)C1(C)CCCCC1. The average molecular weight is 342 g/mol. The van der Waals surface area contributed by atoms with Gasteiger partial charge in [0.25, 0.3) is 0 Å². The summed E-state index contributed by atoms with van der Waals surface area (Å²) in [6.07, 6.45) is 7.45. The monoisotopic (exact) mass is 341 g/mol. The molecule has 1 aromatic rings. The van der Waals surface area contributed by atoms with Gasteiger partial charge in [0, 0.05) is 6.04 Å². The van der Waals surface area contributed by atoms with Crippen molar-refractivity contribution in [2.24, 2.45) is 5.41 Å². The zero-order valence-corrected chi connectivity index (χ0v) is 14.1. The van der Waals surface area contributed by atoms with Crippen LogP contribution in [0, 0.1) is 11.2 Å². The molecule has 1 aliphatic carbocycles. The Morgan fingerprint density at radius 1 is 1.30 bits per heavy atom. The van der Waals surface area contributed by atoms with E-state index in [4.69, 9.17) is 0 Å². The average Bonchev–Trinajstić information content (AvgIpc) is 2.44. The first-order valence-corrected chi connectivity index (χ1v) is 8.52. The maximum atomic E-state index is 13.7. The Bertz CT molecular complexity index is 441. The van der Waals surface area contributed by atoms with E-state index < -0.39 is 0 Å². The van der Waals surface area contributed by atoms with Crippen LogP contribution < -0.4 is 5.32 Å². The number of rotatable bonds is 5. The molecule has 1 aliphatic rings. The van der Waals surface area contributed by atoms with Gasteiger partial charge in [0.2, 0.25) is 0 Å². The van der Waals surface area contributed by atoms with Gasteiger partial charge in [-0.15, -0.1) is 0 Å². The molecule has 2 rings (SSSR count). The molecule has 3 heteroatoms. The second-order valence-corrected chi connectivity index (χ2v) is 7.04. The summed E-state index contributed by atoms with van der Waals surface area (Å²) in [6.45, 7) is 5.51. The number of likely N-dealkylation sites (N-methyl/N-ethyl adjacent to an activating group) is 1. The lowest BCUT2D eigenvalue weighted by Crippen LogP contribution is -2.46. The molecule has 1 nitrogen and oxygen atoms in total. The highest BCUT2D eigenvalue weighted by molar-refractivity contribution is 9.10. The Labute approximate surface area is 130 Å². The summed E-state index contributed by atoms with van der Waals surface area (Å²) in [5.74, 6) is -0.161. The van der Waals surface area contributed by atoms with E-state index in [1.54, 1.807) is 0 Å². The standard InChI is InChI=1S/C17H25BrFN/c1-3-20-15(17(2)10-5-4-6-11-17)12-13-8-7-9-14(19)16(13)18/h7-9,15,20H,3-6,10-12H2,1-2H3. The van der Waals surface area contributed by atoms with Crippen LogP contribution in [0.5, 0.6) is 0 Å². The smallest absolute Gasteiger partial charge is 0.137 e. The normalized spacial score (nSPS) is 19.8. The summed E-state index contributed by atoms with van der Waals surface area (Å²) in [5, 5.41) is 3.64. The Hall–Kier alpha value is -0.410. The molecule has 0 aliphatic heterocycles. The molecule has 0 heterocycles. The third-order valence-corrected chi connectivity index (χ3v) is 5.63. The highest BCUT2D eigenvalue weighted by atomic mass is 79.9. The second-order valence-electron chi connectivity index (χ2n) is 6.24. The molecule has 112 valence electrons. The van der Waals surface area contributed by atoms with Crippen LogP contribution in [0.4, 0.5) is 4.39 Å². The van der Waals surface area contributed by atoms with Gasteiger partial charge in [0.05, 0.1) is 4.47 Å². The van der Waals surface area contributed by atoms with Gasteiger partial charge < -0.3 is 5.32 Å². The van der Waals surface area contributed by atoms with Crippen LogP contribution in [0.15, 0.2) is 22.7 Å². The van der Waals surface area contributed by atoms with Gasteiger partial charge in [-0.3, -0.25) is 0 Å². The molecule has 0 saturated heterocycles. The van der Waals surface area contributed by atoms with E-state index in [0.29, 0.717) is 15.9 Å². The summed E-state index contributed by atoms with van der Waals surface area (Å²) in [4.78, 5) is 0. The highest BCUT2D eigenvalue weighted by Crippen LogP contribution is 2.40. The fourth-order valence-corrected chi connectivity index (χ4v) is 3.87. The van der Waals surface area contributed by atoms with Crippen molar-refractivity contribution in [3.8, 4) is 0 Å². The van der Waals surface area contributed by atoms with Crippen molar-refractivity contribution in [2.75, 3.05) is 6.54 Å². The first-order chi connectivity index (χ1) is 9.57. The summed E-state index contributed by atoms with van der Waals surface area (Å²) in [5.41, 5.74) is 1.41. The van der Waals surface area contributed by atoms with Crippen molar-refractivity contribution in [1.82, 2.24) is 5.32 Å². The van der Waals surface area contributed by atoms with Crippen molar-refractivity contribution in [2.45, 2.75) is 58.4 Å². The van der Waals surface area contributed by atoms with Crippen molar-refractivity contribution in [3.63, 3.8) is 0 Å². The molecule has 1 atom stereocenters. The van der Waals surface area contributed by atoms with Crippen LogP contribution in [-0.2, 0) is 6.42 Å². The molecule has 20 heavy (non-hydrogen) atoms. The molecule has 1 fully saturated rings. The fraction of sp³-hybridized carbons (Fsp3) is 0.647. The molecule has 1 saturated carbocycles. The lowest BCUT2D eigenvalue weighted by molar-refractivity contribution is 0.144. The minimum Gasteiger partial charge on any atom is -0.313 e. The second kappa shape index (κ2) is 7.04. The lowest BCUT2D eigenvalue weighted by Gasteiger charge is -2.41. The molecular formula is C17H25BrFN. The zero-order valence-electron chi connectivity index (χ0n) is 12.5. The van der Waals surface area contributed by atoms with Gasteiger partial charge in [-0.1, -0.05) is 45.2 Å². The van der Waals surface area contributed by atoms with Gasteiger partial charge >= 0.3 is 0 Å². The van der Waals surface area contributed by atoms with Gasteiger partial charge in [0.15, 0.2) is 0 Å². The Balaban J connectivity index is 2.18. The van der Waals surface area contributed by atoms with Crippen LogP contribution in [-0.4, -0.2) is 12.6 Å². The highest BCUT2D eigenvalue weighted by Gasteiger charge is 2.35. The molecule has 0 bridgehead atoms. The predicted molar refractivity (Wildman–Crippen MR) is 86.5 cm³/mol. The minimum absolute atomic E-state index is 0.161. The van der Waals surface area contributed by atoms with Gasteiger partial charge in [-0.05, 0) is 58.8 Å². The molecule has 0 aromatic heterocycles. The van der Waals surface area contributed by atoms with Gasteiger partial charge in [-0.2, -0.15) is 0 Å². The quantitative estimate of drug-likeness (QED) is 0.787. The lowest BCUT2D eigenvalue weighted by atomic mass is 9.69. The van der Waals surface area contributed by atoms with Crippen molar-refractivity contribution >= 4 is 15.9 Å². The number of nitrogens with one attached hydrogen (secondary N) is 1. The van der Waals surface area contributed by atoms with E-state index in [9.17, 15) is 4.39 Å². The van der Waals surface area contributed by atoms with Crippen LogP contribution >= 0.6 is 15.9 Å². The van der Waals surface area contributed by atoms with E-state index in [2.05, 4.69) is 35.1 Å². The van der Waals surface area contributed by atoms with Crippen LogP contribution in [0.1, 0.15) is 51.5 Å². The van der Waals surface area contributed by atoms with Crippen LogP contribution in [0.2, 0.25) is 0 Å². The maximum absolute atomic E-state index is 13.7. The van der Waals surface area contributed by atoms with E-state index in [1.165, 1.54) is 38.2 Å². The Morgan fingerprint density at radius 3 is 2.65 bits per heavy atom. The summed E-state index contributed by atoms with van der Waals surface area (Å²) in [7, 11) is 0. The third-order valence-electron chi connectivity index (χ3n) is 4.74. The van der Waals surface area contributed by atoms with Crippen LogP contribution in [0.3, 0.4) is 0 Å². The number of hydrogen-bond acceptors (Lipinski definition) is 1. The first-order valence-electron chi connectivity index (χ1n) is 7.73. The van der Waals surface area contributed by atoms with E-state index in [1.807, 2.05) is 12.1 Å². The first kappa shape index (κ1) is 16.0. The number of halogens is 2. The van der Waals surface area contributed by atoms with Gasteiger partial charge in [0.1, 0.15) is 5.82 Å². The molecule has 0 amide bonds. The summed E-state index contributed by atoms with van der Waals surface area (Å²) >= 11 is 3.40. The predicted octanol–water partition coefficient (Wildman–Crippen LogP) is 5.08. The molecular weight excluding hydrogens is 317 g/mol. The molecule has 0 spiro atoms. The van der Waals surface area contributed by atoms with Gasteiger partial charge in [-0.25, -0.2) is 4.39 Å². The van der Waals surface area contributed by atoms with Crippen molar-refractivity contribution < 1.29 is 4.39 Å².